The lowest BCUT2D eigenvalue weighted by atomic mass is 10.1. The van der Waals surface area contributed by atoms with Crippen LogP contribution in [0.15, 0.2) is 45.5 Å². The van der Waals surface area contributed by atoms with Crippen LogP contribution in [0.5, 0.6) is 0 Å². The lowest BCUT2D eigenvalue weighted by Crippen LogP contribution is -2.11. The summed E-state index contributed by atoms with van der Waals surface area (Å²) in [7, 11) is 0. The van der Waals surface area contributed by atoms with E-state index in [2.05, 4.69) is 15.9 Å². The van der Waals surface area contributed by atoms with Crippen molar-refractivity contribution in [2.45, 2.75) is 6.04 Å². The van der Waals surface area contributed by atoms with Gasteiger partial charge >= 0.3 is 0 Å². The summed E-state index contributed by atoms with van der Waals surface area (Å²) in [5, 5.41) is 0.678. The average molecular weight is 287 g/mol. The highest BCUT2D eigenvalue weighted by molar-refractivity contribution is 9.10. The summed E-state index contributed by atoms with van der Waals surface area (Å²) >= 11 is 9.28. The molecule has 0 amide bonds. The van der Waals surface area contributed by atoms with Gasteiger partial charge in [-0.15, -0.1) is 0 Å². The van der Waals surface area contributed by atoms with Gasteiger partial charge in [-0.05, 0) is 29.8 Å². The minimum Gasteiger partial charge on any atom is -0.467 e. The molecule has 1 aromatic carbocycles. The second-order valence-electron chi connectivity index (χ2n) is 3.16. The normalized spacial score (nSPS) is 12.7. The molecule has 2 nitrogen and oxygen atoms in total. The molecule has 1 heterocycles. The van der Waals surface area contributed by atoms with Crippen molar-refractivity contribution in [3.8, 4) is 0 Å². The summed E-state index contributed by atoms with van der Waals surface area (Å²) < 4.78 is 6.14. The van der Waals surface area contributed by atoms with Crippen LogP contribution in [-0.4, -0.2) is 0 Å². The van der Waals surface area contributed by atoms with Crippen LogP contribution >= 0.6 is 27.5 Å². The van der Waals surface area contributed by atoms with Gasteiger partial charge in [0, 0.05) is 9.50 Å². The van der Waals surface area contributed by atoms with Crippen LogP contribution in [0.25, 0.3) is 0 Å². The summed E-state index contributed by atoms with van der Waals surface area (Å²) in [5.74, 6) is 0.734. The Bertz CT molecular complexity index is 456. The van der Waals surface area contributed by atoms with Crippen LogP contribution < -0.4 is 5.73 Å². The first-order valence-corrected chi connectivity index (χ1v) is 5.59. The number of furan rings is 1. The van der Waals surface area contributed by atoms with E-state index in [4.69, 9.17) is 21.8 Å². The Morgan fingerprint density at radius 2 is 2.13 bits per heavy atom. The van der Waals surface area contributed by atoms with E-state index in [1.807, 2.05) is 30.3 Å². The Labute approximate surface area is 101 Å². The maximum Gasteiger partial charge on any atom is 0.125 e. The van der Waals surface area contributed by atoms with Gasteiger partial charge in [-0.2, -0.15) is 0 Å². The Balaban J connectivity index is 2.38. The molecule has 0 radical (unpaired) electrons. The third-order valence-corrected chi connectivity index (χ3v) is 3.07. The lowest BCUT2D eigenvalue weighted by molar-refractivity contribution is 0.489. The zero-order valence-electron chi connectivity index (χ0n) is 7.78. The maximum atomic E-state index is 6.04. The van der Waals surface area contributed by atoms with E-state index in [9.17, 15) is 0 Å². The van der Waals surface area contributed by atoms with E-state index in [0.29, 0.717) is 5.02 Å². The molecule has 1 unspecified atom stereocenters. The standard InChI is InChI=1S/C11H9BrClNO/c12-9-6-7(13)3-4-8(9)11(14)10-2-1-5-15-10/h1-6,11H,14H2. The number of nitrogens with two attached hydrogens (primary N) is 1. The summed E-state index contributed by atoms with van der Waals surface area (Å²) in [6, 6.07) is 8.92. The highest BCUT2D eigenvalue weighted by Crippen LogP contribution is 2.29. The van der Waals surface area contributed by atoms with E-state index in [-0.39, 0.29) is 6.04 Å². The number of benzene rings is 1. The predicted octanol–water partition coefficient (Wildman–Crippen LogP) is 3.74. The lowest BCUT2D eigenvalue weighted by Gasteiger charge is -2.11. The molecule has 15 heavy (non-hydrogen) atoms. The van der Waals surface area contributed by atoms with Gasteiger partial charge in [-0.1, -0.05) is 33.6 Å². The second kappa shape index (κ2) is 4.39. The van der Waals surface area contributed by atoms with E-state index in [0.717, 1.165) is 15.8 Å². The minimum absolute atomic E-state index is 0.272. The number of hydrogen-bond donors (Lipinski definition) is 1. The molecular formula is C11H9BrClNO. The minimum atomic E-state index is -0.272. The van der Waals surface area contributed by atoms with Crippen LogP contribution in [0.1, 0.15) is 17.4 Å². The average Bonchev–Trinajstić information content (AvgIpc) is 2.69. The van der Waals surface area contributed by atoms with Gasteiger partial charge < -0.3 is 10.2 Å². The summed E-state index contributed by atoms with van der Waals surface area (Å²) in [4.78, 5) is 0. The van der Waals surface area contributed by atoms with E-state index >= 15 is 0 Å². The van der Waals surface area contributed by atoms with Crippen molar-refractivity contribution >= 4 is 27.5 Å². The molecule has 0 saturated carbocycles. The highest BCUT2D eigenvalue weighted by atomic mass is 79.9. The molecule has 1 aromatic heterocycles. The van der Waals surface area contributed by atoms with Gasteiger partial charge in [0.2, 0.25) is 0 Å². The number of rotatable bonds is 2. The Morgan fingerprint density at radius 3 is 2.73 bits per heavy atom. The number of hydrogen-bond acceptors (Lipinski definition) is 2. The molecule has 0 aliphatic carbocycles. The van der Waals surface area contributed by atoms with Gasteiger partial charge in [-0.3, -0.25) is 0 Å². The third kappa shape index (κ3) is 2.25. The van der Waals surface area contributed by atoms with Crippen LogP contribution in [0, 0.1) is 0 Å². The molecule has 4 heteroatoms. The van der Waals surface area contributed by atoms with E-state index in [1.165, 1.54) is 0 Å². The van der Waals surface area contributed by atoms with E-state index < -0.39 is 0 Å². The zero-order chi connectivity index (χ0) is 10.8. The van der Waals surface area contributed by atoms with Crippen molar-refractivity contribution in [3.63, 3.8) is 0 Å². The molecule has 0 aliphatic rings. The van der Waals surface area contributed by atoms with Gasteiger partial charge in [0.25, 0.3) is 0 Å². The molecule has 0 aliphatic heterocycles. The van der Waals surface area contributed by atoms with Crippen LogP contribution in [0.2, 0.25) is 5.02 Å². The maximum absolute atomic E-state index is 6.04. The summed E-state index contributed by atoms with van der Waals surface area (Å²) in [5.41, 5.74) is 7.00. The fourth-order valence-electron chi connectivity index (χ4n) is 1.38. The van der Waals surface area contributed by atoms with Gasteiger partial charge in [0.05, 0.1) is 12.3 Å². The first-order chi connectivity index (χ1) is 7.18. The van der Waals surface area contributed by atoms with Crippen molar-refractivity contribution in [1.29, 1.82) is 0 Å². The molecule has 78 valence electrons. The van der Waals surface area contributed by atoms with Crippen molar-refractivity contribution in [1.82, 2.24) is 0 Å². The molecule has 0 fully saturated rings. The van der Waals surface area contributed by atoms with Crippen LogP contribution in [-0.2, 0) is 0 Å². The predicted molar refractivity (Wildman–Crippen MR) is 63.9 cm³/mol. The van der Waals surface area contributed by atoms with Gasteiger partial charge in [-0.25, -0.2) is 0 Å². The van der Waals surface area contributed by atoms with E-state index in [1.54, 1.807) is 6.26 Å². The highest BCUT2D eigenvalue weighted by Gasteiger charge is 2.14. The topological polar surface area (TPSA) is 39.2 Å². The number of halogens is 2. The zero-order valence-corrected chi connectivity index (χ0v) is 10.1. The molecular weight excluding hydrogens is 277 g/mol. The molecule has 0 saturated heterocycles. The summed E-state index contributed by atoms with van der Waals surface area (Å²) in [6.45, 7) is 0. The molecule has 0 bridgehead atoms. The molecule has 1 atom stereocenters. The fourth-order valence-corrected chi connectivity index (χ4v) is 2.30. The first kappa shape index (κ1) is 10.7. The summed E-state index contributed by atoms with van der Waals surface area (Å²) in [6.07, 6.45) is 1.61. The Morgan fingerprint density at radius 1 is 1.33 bits per heavy atom. The van der Waals surface area contributed by atoms with Gasteiger partial charge in [0.1, 0.15) is 5.76 Å². The Hall–Kier alpha value is -0.770. The van der Waals surface area contributed by atoms with Crippen molar-refractivity contribution < 1.29 is 4.42 Å². The van der Waals surface area contributed by atoms with Crippen LogP contribution in [0.4, 0.5) is 0 Å². The molecule has 2 N–H and O–H groups in total. The second-order valence-corrected chi connectivity index (χ2v) is 4.45. The molecule has 2 rings (SSSR count). The SMILES string of the molecule is NC(c1ccco1)c1ccc(Cl)cc1Br. The Kier molecular flexibility index (Phi) is 3.14. The first-order valence-electron chi connectivity index (χ1n) is 4.42. The third-order valence-electron chi connectivity index (χ3n) is 2.15. The van der Waals surface area contributed by atoms with Crippen molar-refractivity contribution in [3.05, 3.63) is 57.4 Å². The van der Waals surface area contributed by atoms with Crippen LogP contribution in [0.3, 0.4) is 0 Å². The monoisotopic (exact) mass is 285 g/mol. The largest absolute Gasteiger partial charge is 0.467 e. The van der Waals surface area contributed by atoms with Crippen molar-refractivity contribution in [2.24, 2.45) is 5.73 Å². The quantitative estimate of drug-likeness (QED) is 0.913. The van der Waals surface area contributed by atoms with Gasteiger partial charge in [0.15, 0.2) is 0 Å². The smallest absolute Gasteiger partial charge is 0.125 e. The molecule has 2 aromatic rings. The van der Waals surface area contributed by atoms with Crippen molar-refractivity contribution in [2.75, 3.05) is 0 Å². The molecule has 0 spiro atoms. The fraction of sp³-hybridized carbons (Fsp3) is 0.0909.